The Hall–Kier alpha value is -1.44. The van der Waals surface area contributed by atoms with Gasteiger partial charge in [-0.2, -0.15) is 5.26 Å². The average Bonchev–Trinajstić information content (AvgIpc) is 3.07. The summed E-state index contributed by atoms with van der Waals surface area (Å²) in [5.41, 5.74) is 1.07. The molecule has 1 saturated carbocycles. The second kappa shape index (κ2) is 5.68. The smallest absolute Gasteiger partial charge is 0.108 e. The first-order chi connectivity index (χ1) is 9.36. The van der Waals surface area contributed by atoms with Gasteiger partial charge in [0.2, 0.25) is 0 Å². The van der Waals surface area contributed by atoms with Gasteiger partial charge in [-0.15, -0.1) is 11.3 Å². The van der Waals surface area contributed by atoms with Crippen molar-refractivity contribution in [2.45, 2.75) is 38.3 Å². The van der Waals surface area contributed by atoms with Gasteiger partial charge in [0.05, 0.1) is 29.4 Å². The van der Waals surface area contributed by atoms with Gasteiger partial charge in [-0.05, 0) is 25.0 Å². The van der Waals surface area contributed by atoms with Gasteiger partial charge in [0, 0.05) is 6.04 Å². The molecule has 0 N–H and O–H groups in total. The Morgan fingerprint density at radius 2 is 2.11 bits per heavy atom. The van der Waals surface area contributed by atoms with E-state index in [0.717, 1.165) is 17.1 Å². The molecule has 1 aliphatic carbocycles. The van der Waals surface area contributed by atoms with Crippen LogP contribution in [-0.4, -0.2) is 22.5 Å². The summed E-state index contributed by atoms with van der Waals surface area (Å²) in [6, 6.07) is 11.1. The molecule has 1 aliphatic rings. The number of rotatable bonds is 4. The fourth-order valence-corrected chi connectivity index (χ4v) is 3.83. The lowest BCUT2D eigenvalue weighted by Gasteiger charge is -2.24. The van der Waals surface area contributed by atoms with Gasteiger partial charge < -0.3 is 0 Å². The van der Waals surface area contributed by atoms with E-state index in [1.165, 1.54) is 30.4 Å². The van der Waals surface area contributed by atoms with Crippen molar-refractivity contribution in [1.82, 2.24) is 9.88 Å². The fraction of sp³-hybridized carbons (Fsp3) is 0.467. The molecule has 0 bridgehead atoms. The largest absolute Gasteiger partial charge is 0.281 e. The first-order valence-electron chi connectivity index (χ1n) is 6.82. The van der Waals surface area contributed by atoms with Crippen LogP contribution in [0.15, 0.2) is 24.3 Å². The van der Waals surface area contributed by atoms with Crippen molar-refractivity contribution in [3.8, 4) is 6.07 Å². The first-order valence-corrected chi connectivity index (χ1v) is 7.64. The van der Waals surface area contributed by atoms with Crippen LogP contribution in [0.3, 0.4) is 0 Å². The highest BCUT2D eigenvalue weighted by Crippen LogP contribution is 2.27. The zero-order valence-corrected chi connectivity index (χ0v) is 11.7. The lowest BCUT2D eigenvalue weighted by atomic mass is 10.2. The second-order valence-corrected chi connectivity index (χ2v) is 6.19. The van der Waals surface area contributed by atoms with Crippen LogP contribution in [0.2, 0.25) is 0 Å². The topological polar surface area (TPSA) is 39.9 Å². The summed E-state index contributed by atoms with van der Waals surface area (Å²) in [4.78, 5) is 6.97. The highest BCUT2D eigenvalue weighted by atomic mass is 32.1. The molecule has 1 aromatic carbocycles. The van der Waals surface area contributed by atoms with Gasteiger partial charge >= 0.3 is 0 Å². The molecule has 98 valence electrons. The highest BCUT2D eigenvalue weighted by molar-refractivity contribution is 7.18. The molecule has 2 aromatic rings. The number of benzene rings is 1. The molecule has 0 saturated heterocycles. The maximum absolute atomic E-state index is 9.01. The molecule has 0 atom stereocenters. The Labute approximate surface area is 117 Å². The summed E-state index contributed by atoms with van der Waals surface area (Å²) in [6.45, 7) is 1.33. The lowest BCUT2D eigenvalue weighted by Crippen LogP contribution is -2.33. The summed E-state index contributed by atoms with van der Waals surface area (Å²) >= 11 is 1.75. The zero-order chi connectivity index (χ0) is 13.1. The predicted molar refractivity (Wildman–Crippen MR) is 77.9 cm³/mol. The molecule has 0 radical (unpaired) electrons. The fourth-order valence-electron chi connectivity index (χ4n) is 2.84. The Balaban J connectivity index is 1.78. The molecule has 0 amide bonds. The maximum atomic E-state index is 9.01. The zero-order valence-electron chi connectivity index (χ0n) is 10.9. The summed E-state index contributed by atoms with van der Waals surface area (Å²) in [5.74, 6) is 0. The van der Waals surface area contributed by atoms with Crippen molar-refractivity contribution in [3.05, 3.63) is 29.3 Å². The molecule has 3 nitrogen and oxygen atoms in total. The molecule has 19 heavy (non-hydrogen) atoms. The van der Waals surface area contributed by atoms with Crippen LogP contribution in [0, 0.1) is 11.3 Å². The molecule has 1 aromatic heterocycles. The SMILES string of the molecule is N#CCN(Cc1nc2ccccc2s1)C1CCCC1. The monoisotopic (exact) mass is 271 g/mol. The van der Waals surface area contributed by atoms with Crippen LogP contribution >= 0.6 is 11.3 Å². The summed E-state index contributed by atoms with van der Waals surface area (Å²) in [6.07, 6.45) is 5.05. The minimum absolute atomic E-state index is 0.514. The normalized spacial score (nSPS) is 16.2. The third kappa shape index (κ3) is 2.78. The van der Waals surface area contributed by atoms with E-state index in [-0.39, 0.29) is 0 Å². The number of hydrogen-bond acceptors (Lipinski definition) is 4. The van der Waals surface area contributed by atoms with E-state index in [1.54, 1.807) is 11.3 Å². The molecular formula is C15H17N3S. The van der Waals surface area contributed by atoms with Crippen molar-refractivity contribution in [1.29, 1.82) is 5.26 Å². The van der Waals surface area contributed by atoms with Crippen molar-refractivity contribution >= 4 is 21.6 Å². The number of aromatic nitrogens is 1. The molecule has 0 aliphatic heterocycles. The van der Waals surface area contributed by atoms with E-state index >= 15 is 0 Å². The average molecular weight is 271 g/mol. The van der Waals surface area contributed by atoms with Crippen LogP contribution in [0.5, 0.6) is 0 Å². The number of fused-ring (bicyclic) bond motifs is 1. The van der Waals surface area contributed by atoms with Gasteiger partial charge in [0.15, 0.2) is 0 Å². The Morgan fingerprint density at radius 3 is 2.84 bits per heavy atom. The van der Waals surface area contributed by atoms with Gasteiger partial charge in [-0.3, -0.25) is 4.90 Å². The van der Waals surface area contributed by atoms with E-state index in [1.807, 2.05) is 12.1 Å². The quantitative estimate of drug-likeness (QED) is 0.798. The summed E-state index contributed by atoms with van der Waals surface area (Å²) < 4.78 is 1.24. The molecule has 3 rings (SSSR count). The number of nitrogens with zero attached hydrogens (tertiary/aromatic N) is 3. The van der Waals surface area contributed by atoms with Gasteiger partial charge in [0.1, 0.15) is 5.01 Å². The van der Waals surface area contributed by atoms with Gasteiger partial charge in [0.25, 0.3) is 0 Å². The first kappa shape index (κ1) is 12.6. The number of thiazole rings is 1. The molecule has 1 heterocycles. The van der Waals surface area contributed by atoms with Crippen molar-refractivity contribution in [2.75, 3.05) is 6.54 Å². The standard InChI is InChI=1S/C15H17N3S/c16-9-10-18(12-5-1-2-6-12)11-15-17-13-7-3-4-8-14(13)19-15/h3-4,7-8,12H,1-2,5-6,10-11H2. The Kier molecular flexibility index (Phi) is 3.77. The van der Waals surface area contributed by atoms with Crippen molar-refractivity contribution in [2.24, 2.45) is 0 Å². The number of nitriles is 1. The summed E-state index contributed by atoms with van der Waals surface area (Å²) in [7, 11) is 0. The van der Waals surface area contributed by atoms with E-state index in [0.29, 0.717) is 12.6 Å². The van der Waals surface area contributed by atoms with E-state index in [9.17, 15) is 0 Å². The minimum atomic E-state index is 0.514. The summed E-state index contributed by atoms with van der Waals surface area (Å²) in [5, 5.41) is 10.1. The second-order valence-electron chi connectivity index (χ2n) is 5.08. The van der Waals surface area contributed by atoms with E-state index in [2.05, 4.69) is 28.1 Å². The van der Waals surface area contributed by atoms with Crippen LogP contribution in [0.1, 0.15) is 30.7 Å². The minimum Gasteiger partial charge on any atom is -0.281 e. The molecule has 4 heteroatoms. The number of hydrogen-bond donors (Lipinski definition) is 0. The molecule has 0 unspecified atom stereocenters. The van der Waals surface area contributed by atoms with Gasteiger partial charge in [-0.25, -0.2) is 4.98 Å². The van der Waals surface area contributed by atoms with Crippen LogP contribution < -0.4 is 0 Å². The highest BCUT2D eigenvalue weighted by Gasteiger charge is 2.23. The number of para-hydroxylation sites is 1. The van der Waals surface area contributed by atoms with Crippen molar-refractivity contribution < 1.29 is 0 Å². The molecule has 1 fully saturated rings. The third-order valence-corrected chi connectivity index (χ3v) is 4.81. The third-order valence-electron chi connectivity index (χ3n) is 3.79. The van der Waals surface area contributed by atoms with E-state index < -0.39 is 0 Å². The lowest BCUT2D eigenvalue weighted by molar-refractivity contribution is 0.214. The van der Waals surface area contributed by atoms with Gasteiger partial charge in [-0.1, -0.05) is 25.0 Å². The van der Waals surface area contributed by atoms with Crippen LogP contribution in [-0.2, 0) is 6.54 Å². The predicted octanol–water partition coefficient (Wildman–Crippen LogP) is 3.56. The Morgan fingerprint density at radius 1 is 1.32 bits per heavy atom. The van der Waals surface area contributed by atoms with Crippen LogP contribution in [0.4, 0.5) is 0 Å². The Bertz CT molecular complexity index is 560. The molecular weight excluding hydrogens is 254 g/mol. The maximum Gasteiger partial charge on any atom is 0.108 e. The molecule has 0 spiro atoms. The van der Waals surface area contributed by atoms with Crippen molar-refractivity contribution in [3.63, 3.8) is 0 Å². The van der Waals surface area contributed by atoms with E-state index in [4.69, 9.17) is 5.26 Å². The van der Waals surface area contributed by atoms with Crippen LogP contribution in [0.25, 0.3) is 10.2 Å².